The van der Waals surface area contributed by atoms with Crippen LogP contribution in [-0.4, -0.2) is 25.9 Å². The molecule has 1 aliphatic heterocycles. The summed E-state index contributed by atoms with van der Waals surface area (Å²) in [4.78, 5) is 3.41. The molecule has 0 aliphatic carbocycles. The highest BCUT2D eigenvalue weighted by molar-refractivity contribution is 5.75. The number of benzene rings is 1. The third-order valence-corrected chi connectivity index (χ3v) is 4.76. The fourth-order valence-corrected chi connectivity index (χ4v) is 3.59. The molecule has 1 aromatic carbocycles. The Bertz CT molecular complexity index is 1130. The molecule has 4 rings (SSSR count). The van der Waals surface area contributed by atoms with Crippen molar-refractivity contribution in [3.05, 3.63) is 46.3 Å². The minimum Gasteiger partial charge on any atom is -0.373 e. The van der Waals surface area contributed by atoms with Crippen LogP contribution in [0.3, 0.4) is 0 Å². The first-order valence-corrected chi connectivity index (χ1v) is 8.49. The van der Waals surface area contributed by atoms with Crippen LogP contribution in [0.5, 0.6) is 0 Å². The van der Waals surface area contributed by atoms with Gasteiger partial charge in [0.05, 0.1) is 11.3 Å². The predicted octanol–water partition coefficient (Wildman–Crippen LogP) is 4.34. The lowest BCUT2D eigenvalue weighted by Crippen LogP contribution is -2.13. The minimum atomic E-state index is -4.91. The summed E-state index contributed by atoms with van der Waals surface area (Å²) >= 11 is 0. The van der Waals surface area contributed by atoms with E-state index in [0.717, 1.165) is 6.07 Å². The van der Waals surface area contributed by atoms with Gasteiger partial charge < -0.3 is 10.4 Å². The maximum Gasteiger partial charge on any atom is 0.453 e. The molecule has 2 aromatic heterocycles. The number of aromatic nitrogens is 3. The molecule has 0 bridgehead atoms. The van der Waals surface area contributed by atoms with E-state index in [2.05, 4.69) is 15.4 Å². The van der Waals surface area contributed by atoms with Gasteiger partial charge in [-0.2, -0.15) is 26.3 Å². The Balaban J connectivity index is 2.08. The number of aryl methyl sites for hydroxylation is 2. The highest BCUT2D eigenvalue weighted by Gasteiger charge is 2.40. The summed E-state index contributed by atoms with van der Waals surface area (Å²) in [6, 6.07) is 3.60. The molecule has 1 unspecified atom stereocenters. The van der Waals surface area contributed by atoms with E-state index >= 15 is 0 Å². The lowest BCUT2D eigenvalue weighted by atomic mass is 9.97. The number of nitrogens with one attached hydrogen (secondary N) is 1. The lowest BCUT2D eigenvalue weighted by molar-refractivity contribution is -0.144. The molecule has 11 heteroatoms. The fraction of sp³-hybridized carbons (Fsp3) is 0.333. The summed E-state index contributed by atoms with van der Waals surface area (Å²) in [5, 5.41) is 15.9. The van der Waals surface area contributed by atoms with Crippen molar-refractivity contribution < 1.29 is 31.4 Å². The van der Waals surface area contributed by atoms with E-state index in [1.165, 1.54) is 19.1 Å². The summed E-state index contributed by atoms with van der Waals surface area (Å²) in [5.74, 6) is -1.52. The van der Waals surface area contributed by atoms with Crippen LogP contribution in [0.4, 0.5) is 32.0 Å². The molecule has 0 radical (unpaired) electrons. The number of halogens is 6. The van der Waals surface area contributed by atoms with Crippen molar-refractivity contribution in [2.45, 2.75) is 38.8 Å². The Morgan fingerprint density at radius 2 is 1.72 bits per heavy atom. The van der Waals surface area contributed by atoms with Crippen LogP contribution in [0.1, 0.15) is 28.1 Å². The van der Waals surface area contributed by atoms with Crippen LogP contribution in [0.2, 0.25) is 0 Å². The first-order valence-electron chi connectivity index (χ1n) is 8.49. The number of nitrogens with zero attached hydrogens (tertiary/aromatic N) is 3. The number of fused-ring (bicyclic) bond motifs is 2. The average molecular weight is 416 g/mol. The molecule has 0 saturated carbocycles. The zero-order valence-electron chi connectivity index (χ0n) is 15.1. The van der Waals surface area contributed by atoms with Gasteiger partial charge in [-0.25, -0.2) is 9.50 Å². The standard InChI is InChI=1S/C18H14F6N4O/c1-7-3-10(5-9-6-12(29)25-13(7)9)14-11(17(19,20)21)4-8(2)15-26-16(18(22,23)24)27-28(14)15/h3-5,12,25,29H,6H2,1-2H3. The highest BCUT2D eigenvalue weighted by atomic mass is 19.4. The van der Waals surface area contributed by atoms with E-state index < -0.39 is 35.7 Å². The summed E-state index contributed by atoms with van der Waals surface area (Å²) in [7, 11) is 0. The lowest BCUT2D eigenvalue weighted by Gasteiger charge is -2.17. The Hall–Kier alpha value is -2.82. The first kappa shape index (κ1) is 19.5. The van der Waals surface area contributed by atoms with Gasteiger partial charge in [0.1, 0.15) is 6.23 Å². The number of anilines is 1. The number of hydrogen-bond donors (Lipinski definition) is 2. The van der Waals surface area contributed by atoms with Crippen molar-refractivity contribution in [3.8, 4) is 11.3 Å². The van der Waals surface area contributed by atoms with Crippen LogP contribution in [0.25, 0.3) is 16.9 Å². The van der Waals surface area contributed by atoms with Gasteiger partial charge in [-0.05, 0) is 48.7 Å². The van der Waals surface area contributed by atoms with Crippen molar-refractivity contribution in [2.24, 2.45) is 0 Å². The second-order valence-corrected chi connectivity index (χ2v) is 6.95. The van der Waals surface area contributed by atoms with E-state index in [1.54, 1.807) is 6.92 Å². The number of aliphatic hydroxyl groups is 1. The topological polar surface area (TPSA) is 62.5 Å². The summed E-state index contributed by atoms with van der Waals surface area (Å²) in [6.45, 7) is 2.88. The number of pyridine rings is 1. The quantitative estimate of drug-likeness (QED) is 0.580. The predicted molar refractivity (Wildman–Crippen MR) is 91.2 cm³/mol. The molecule has 0 fully saturated rings. The third-order valence-electron chi connectivity index (χ3n) is 4.76. The van der Waals surface area contributed by atoms with Crippen molar-refractivity contribution in [3.63, 3.8) is 0 Å². The second kappa shape index (κ2) is 6.09. The smallest absolute Gasteiger partial charge is 0.373 e. The molecule has 29 heavy (non-hydrogen) atoms. The molecule has 2 N–H and O–H groups in total. The zero-order valence-corrected chi connectivity index (χ0v) is 15.1. The normalized spacial score (nSPS) is 16.9. The number of rotatable bonds is 1. The highest BCUT2D eigenvalue weighted by Crippen LogP contribution is 2.41. The molecule has 5 nitrogen and oxygen atoms in total. The summed E-state index contributed by atoms with van der Waals surface area (Å²) < 4.78 is 81.3. The van der Waals surface area contributed by atoms with Crippen LogP contribution >= 0.6 is 0 Å². The number of aliphatic hydroxyl groups excluding tert-OH is 1. The molecule has 0 amide bonds. The summed E-state index contributed by atoms with van der Waals surface area (Å²) in [5.41, 5.74) is -0.311. The van der Waals surface area contributed by atoms with Gasteiger partial charge in [-0.15, -0.1) is 5.10 Å². The molecule has 3 aromatic rings. The van der Waals surface area contributed by atoms with Gasteiger partial charge in [0.15, 0.2) is 5.65 Å². The van der Waals surface area contributed by atoms with Gasteiger partial charge in [-0.1, -0.05) is 0 Å². The van der Waals surface area contributed by atoms with Gasteiger partial charge >= 0.3 is 12.4 Å². The van der Waals surface area contributed by atoms with Gasteiger partial charge in [0.2, 0.25) is 0 Å². The van der Waals surface area contributed by atoms with Gasteiger partial charge in [0, 0.05) is 17.7 Å². The first-order chi connectivity index (χ1) is 13.4. The van der Waals surface area contributed by atoms with Crippen molar-refractivity contribution in [1.29, 1.82) is 0 Å². The Kier molecular flexibility index (Phi) is 4.09. The maximum atomic E-state index is 13.8. The Morgan fingerprint density at radius 3 is 2.34 bits per heavy atom. The molecule has 3 heterocycles. The Morgan fingerprint density at radius 1 is 1.03 bits per heavy atom. The van der Waals surface area contributed by atoms with Crippen LogP contribution < -0.4 is 5.32 Å². The van der Waals surface area contributed by atoms with E-state index in [4.69, 9.17) is 0 Å². The molecule has 0 spiro atoms. The fourth-order valence-electron chi connectivity index (χ4n) is 3.59. The van der Waals surface area contributed by atoms with Crippen molar-refractivity contribution in [2.75, 3.05) is 5.32 Å². The SMILES string of the molecule is Cc1cc(-c2c(C(F)(F)F)cc(C)c3nc(C(F)(F)F)nn23)cc2c1NC(O)C2. The second-order valence-electron chi connectivity index (χ2n) is 6.95. The van der Waals surface area contributed by atoms with Crippen LogP contribution in [-0.2, 0) is 18.8 Å². The number of hydrogen-bond acceptors (Lipinski definition) is 4. The molecule has 1 atom stereocenters. The van der Waals surface area contributed by atoms with Crippen molar-refractivity contribution in [1.82, 2.24) is 14.6 Å². The van der Waals surface area contributed by atoms with E-state index in [-0.39, 0.29) is 23.2 Å². The van der Waals surface area contributed by atoms with Crippen molar-refractivity contribution >= 4 is 11.3 Å². The monoisotopic (exact) mass is 416 g/mol. The van der Waals surface area contributed by atoms with Gasteiger partial charge in [0.25, 0.3) is 5.82 Å². The molecule has 0 saturated heterocycles. The molecular formula is C18H14F6N4O. The number of alkyl halides is 6. The van der Waals surface area contributed by atoms with E-state index in [0.29, 0.717) is 21.3 Å². The Labute approximate surface area is 160 Å². The maximum absolute atomic E-state index is 13.8. The van der Waals surface area contributed by atoms with E-state index in [9.17, 15) is 31.4 Å². The van der Waals surface area contributed by atoms with Gasteiger partial charge in [-0.3, -0.25) is 0 Å². The minimum absolute atomic E-state index is 0.0353. The average Bonchev–Trinajstić information content (AvgIpc) is 3.17. The zero-order chi connectivity index (χ0) is 21.3. The molecule has 1 aliphatic rings. The molecule has 154 valence electrons. The largest absolute Gasteiger partial charge is 0.453 e. The van der Waals surface area contributed by atoms with E-state index in [1.807, 2.05) is 0 Å². The van der Waals surface area contributed by atoms with Crippen LogP contribution in [0, 0.1) is 13.8 Å². The summed E-state index contributed by atoms with van der Waals surface area (Å²) in [6.07, 6.45) is -10.5. The molecular weight excluding hydrogens is 402 g/mol. The third kappa shape index (κ3) is 3.18. The van der Waals surface area contributed by atoms with Crippen LogP contribution in [0.15, 0.2) is 18.2 Å².